The Labute approximate surface area is 104 Å². The Morgan fingerprint density at radius 1 is 1.24 bits per heavy atom. The maximum atomic E-state index is 14.2. The molecule has 1 aromatic rings. The van der Waals surface area contributed by atoms with E-state index < -0.39 is 0 Å². The minimum atomic E-state index is -0.0168. The second-order valence-electron chi connectivity index (χ2n) is 6.46. The van der Waals surface area contributed by atoms with Crippen LogP contribution in [0, 0.1) is 11.2 Å². The van der Waals surface area contributed by atoms with Crippen molar-refractivity contribution in [3.63, 3.8) is 0 Å². The molecule has 1 fully saturated rings. The second kappa shape index (κ2) is 4.44. The third kappa shape index (κ3) is 2.38. The Kier molecular flexibility index (Phi) is 3.29. The monoisotopic (exact) mass is 234 g/mol. The van der Waals surface area contributed by atoms with E-state index in [4.69, 9.17) is 0 Å². The molecule has 0 aromatic heterocycles. The highest BCUT2D eigenvalue weighted by molar-refractivity contribution is 5.36. The van der Waals surface area contributed by atoms with Gasteiger partial charge in [0.05, 0.1) is 0 Å². The van der Waals surface area contributed by atoms with E-state index in [1.54, 1.807) is 6.07 Å². The van der Waals surface area contributed by atoms with Crippen molar-refractivity contribution in [3.05, 3.63) is 35.1 Å². The highest BCUT2D eigenvalue weighted by Crippen LogP contribution is 2.44. The van der Waals surface area contributed by atoms with Gasteiger partial charge in [0, 0.05) is 0 Å². The minimum absolute atomic E-state index is 0.0168. The second-order valence-corrected chi connectivity index (χ2v) is 6.46. The fourth-order valence-electron chi connectivity index (χ4n) is 2.52. The van der Waals surface area contributed by atoms with Crippen LogP contribution in [0.25, 0.3) is 0 Å². The SMILES string of the molecule is CC(c1c(F)cccc1C1CCC1)C(C)(C)C. The number of rotatable bonds is 2. The lowest BCUT2D eigenvalue weighted by atomic mass is 9.71. The fourth-order valence-corrected chi connectivity index (χ4v) is 2.52. The van der Waals surface area contributed by atoms with E-state index in [2.05, 4.69) is 33.8 Å². The van der Waals surface area contributed by atoms with E-state index in [1.165, 1.54) is 24.8 Å². The lowest BCUT2D eigenvalue weighted by molar-refractivity contribution is 0.323. The van der Waals surface area contributed by atoms with E-state index in [0.717, 1.165) is 5.56 Å². The van der Waals surface area contributed by atoms with Crippen molar-refractivity contribution < 1.29 is 4.39 Å². The Balaban J connectivity index is 2.43. The van der Waals surface area contributed by atoms with Crippen molar-refractivity contribution in [2.45, 2.75) is 58.8 Å². The maximum Gasteiger partial charge on any atom is 0.126 e. The molecule has 1 saturated carbocycles. The zero-order chi connectivity index (χ0) is 12.6. The number of hydrogen-bond donors (Lipinski definition) is 0. The molecule has 0 N–H and O–H groups in total. The van der Waals surface area contributed by atoms with Gasteiger partial charge in [0.1, 0.15) is 5.82 Å². The molecule has 0 radical (unpaired) electrons. The van der Waals surface area contributed by atoms with Crippen molar-refractivity contribution in [1.29, 1.82) is 0 Å². The average molecular weight is 234 g/mol. The molecule has 0 amide bonds. The molecule has 0 spiro atoms. The van der Waals surface area contributed by atoms with E-state index in [-0.39, 0.29) is 17.2 Å². The predicted octanol–water partition coefficient (Wildman–Crippen LogP) is 5.24. The van der Waals surface area contributed by atoms with Crippen LogP contribution >= 0.6 is 0 Å². The molecule has 1 aliphatic rings. The number of halogens is 1. The summed E-state index contributed by atoms with van der Waals surface area (Å²) in [6.45, 7) is 8.72. The summed E-state index contributed by atoms with van der Waals surface area (Å²) in [5.41, 5.74) is 2.34. The van der Waals surface area contributed by atoms with Gasteiger partial charge in [-0.2, -0.15) is 0 Å². The van der Waals surface area contributed by atoms with Crippen LogP contribution in [0.15, 0.2) is 18.2 Å². The van der Waals surface area contributed by atoms with E-state index in [9.17, 15) is 4.39 Å². The molecular formula is C16H23F. The molecule has 0 heterocycles. The summed E-state index contributed by atoms with van der Waals surface area (Å²) in [6.07, 6.45) is 3.76. The third-order valence-corrected chi connectivity index (χ3v) is 4.36. The molecular weight excluding hydrogens is 211 g/mol. The summed E-state index contributed by atoms with van der Waals surface area (Å²) in [5, 5.41) is 0. The molecule has 0 aliphatic heterocycles. The van der Waals surface area contributed by atoms with Gasteiger partial charge in [-0.3, -0.25) is 0 Å². The summed E-state index contributed by atoms with van der Waals surface area (Å²) >= 11 is 0. The van der Waals surface area contributed by atoms with Crippen molar-refractivity contribution in [2.75, 3.05) is 0 Å². The summed E-state index contributed by atoms with van der Waals surface area (Å²) in [5.74, 6) is 0.849. The predicted molar refractivity (Wildman–Crippen MR) is 70.9 cm³/mol. The molecule has 0 bridgehead atoms. The van der Waals surface area contributed by atoms with Gasteiger partial charge in [-0.15, -0.1) is 0 Å². The molecule has 1 aliphatic carbocycles. The van der Waals surface area contributed by atoms with Gasteiger partial charge in [0.15, 0.2) is 0 Å². The van der Waals surface area contributed by atoms with Gasteiger partial charge in [-0.05, 0) is 47.3 Å². The molecule has 17 heavy (non-hydrogen) atoms. The molecule has 0 nitrogen and oxygen atoms in total. The van der Waals surface area contributed by atoms with Crippen molar-refractivity contribution >= 4 is 0 Å². The van der Waals surface area contributed by atoms with Gasteiger partial charge in [0.2, 0.25) is 0 Å². The molecule has 1 aromatic carbocycles. The van der Waals surface area contributed by atoms with Crippen LogP contribution in [0.5, 0.6) is 0 Å². The Morgan fingerprint density at radius 2 is 1.88 bits per heavy atom. The van der Waals surface area contributed by atoms with Crippen LogP contribution in [0.1, 0.15) is 69.9 Å². The molecule has 2 rings (SSSR count). The lowest BCUT2D eigenvalue weighted by Crippen LogP contribution is -2.21. The first-order chi connectivity index (χ1) is 7.91. The van der Waals surface area contributed by atoms with Crippen LogP contribution in [0.2, 0.25) is 0 Å². The number of benzene rings is 1. The van der Waals surface area contributed by atoms with Crippen LogP contribution in [0.3, 0.4) is 0 Å². The lowest BCUT2D eigenvalue weighted by Gasteiger charge is -2.34. The summed E-state index contributed by atoms with van der Waals surface area (Å²) in [7, 11) is 0. The van der Waals surface area contributed by atoms with E-state index in [0.29, 0.717) is 5.92 Å². The summed E-state index contributed by atoms with van der Waals surface area (Å²) < 4.78 is 14.2. The van der Waals surface area contributed by atoms with Gasteiger partial charge in [-0.25, -0.2) is 4.39 Å². The van der Waals surface area contributed by atoms with Crippen LogP contribution in [-0.4, -0.2) is 0 Å². The molecule has 1 atom stereocenters. The van der Waals surface area contributed by atoms with Gasteiger partial charge < -0.3 is 0 Å². The van der Waals surface area contributed by atoms with Crippen molar-refractivity contribution in [2.24, 2.45) is 5.41 Å². The third-order valence-electron chi connectivity index (χ3n) is 4.36. The minimum Gasteiger partial charge on any atom is -0.207 e. The summed E-state index contributed by atoms with van der Waals surface area (Å²) in [4.78, 5) is 0. The molecule has 1 heteroatoms. The maximum absolute atomic E-state index is 14.2. The van der Waals surface area contributed by atoms with E-state index >= 15 is 0 Å². The standard InChI is InChI=1S/C16H23F/c1-11(16(2,3)4)15-13(12-7-5-8-12)9-6-10-14(15)17/h6,9-12H,5,7-8H2,1-4H3. The zero-order valence-corrected chi connectivity index (χ0v) is 11.4. The first-order valence-electron chi connectivity index (χ1n) is 6.69. The first-order valence-corrected chi connectivity index (χ1v) is 6.69. The first kappa shape index (κ1) is 12.6. The smallest absolute Gasteiger partial charge is 0.126 e. The Bertz CT molecular complexity index is 396. The van der Waals surface area contributed by atoms with Gasteiger partial charge in [0.25, 0.3) is 0 Å². The van der Waals surface area contributed by atoms with Crippen LogP contribution in [-0.2, 0) is 0 Å². The van der Waals surface area contributed by atoms with Crippen LogP contribution < -0.4 is 0 Å². The summed E-state index contributed by atoms with van der Waals surface area (Å²) in [6, 6.07) is 5.60. The highest BCUT2D eigenvalue weighted by Gasteiger charge is 2.30. The Hall–Kier alpha value is -0.850. The zero-order valence-electron chi connectivity index (χ0n) is 11.4. The van der Waals surface area contributed by atoms with Crippen molar-refractivity contribution in [1.82, 2.24) is 0 Å². The van der Waals surface area contributed by atoms with Crippen molar-refractivity contribution in [3.8, 4) is 0 Å². The van der Waals surface area contributed by atoms with Gasteiger partial charge in [-0.1, -0.05) is 46.2 Å². The average Bonchev–Trinajstić information content (AvgIpc) is 2.13. The molecule has 0 saturated heterocycles. The van der Waals surface area contributed by atoms with Crippen LogP contribution in [0.4, 0.5) is 4.39 Å². The quantitative estimate of drug-likeness (QED) is 0.656. The largest absolute Gasteiger partial charge is 0.207 e. The number of hydrogen-bond acceptors (Lipinski definition) is 0. The van der Waals surface area contributed by atoms with Gasteiger partial charge >= 0.3 is 0 Å². The molecule has 94 valence electrons. The van der Waals surface area contributed by atoms with E-state index in [1.807, 2.05) is 6.07 Å². The fraction of sp³-hybridized carbons (Fsp3) is 0.625. The highest BCUT2D eigenvalue weighted by atomic mass is 19.1. The Morgan fingerprint density at radius 3 is 2.35 bits per heavy atom. The topological polar surface area (TPSA) is 0 Å². The molecule has 1 unspecified atom stereocenters. The normalized spacial score (nSPS) is 18.9.